The summed E-state index contributed by atoms with van der Waals surface area (Å²) < 4.78 is 5.37. The third-order valence-corrected chi connectivity index (χ3v) is 5.83. The molecular weight excluding hydrogens is 364 g/mol. The zero-order valence-electron chi connectivity index (χ0n) is 15.4. The van der Waals surface area contributed by atoms with E-state index in [0.29, 0.717) is 23.0 Å². The summed E-state index contributed by atoms with van der Waals surface area (Å²) in [6, 6.07) is 11.2. The van der Waals surface area contributed by atoms with Crippen molar-refractivity contribution in [3.05, 3.63) is 58.1 Å². The average molecular weight is 385 g/mol. The van der Waals surface area contributed by atoms with Crippen LogP contribution >= 0.6 is 11.6 Å². The van der Waals surface area contributed by atoms with Gasteiger partial charge in [-0.05, 0) is 36.1 Å². The van der Waals surface area contributed by atoms with E-state index in [1.807, 2.05) is 19.1 Å². The number of ether oxygens (including phenoxy) is 1. The molecule has 0 aromatic heterocycles. The maximum absolute atomic E-state index is 13.2. The van der Waals surface area contributed by atoms with Crippen LogP contribution in [-0.2, 0) is 22.6 Å². The van der Waals surface area contributed by atoms with E-state index in [1.165, 1.54) is 23.1 Å². The zero-order valence-corrected chi connectivity index (χ0v) is 16.1. The first-order valence-electron chi connectivity index (χ1n) is 9.01. The van der Waals surface area contributed by atoms with Gasteiger partial charge in [-0.3, -0.25) is 14.5 Å². The van der Waals surface area contributed by atoms with E-state index in [9.17, 15) is 9.59 Å². The topological polar surface area (TPSA) is 49.9 Å². The van der Waals surface area contributed by atoms with E-state index in [1.54, 1.807) is 12.1 Å². The Morgan fingerprint density at radius 2 is 1.89 bits per heavy atom. The van der Waals surface area contributed by atoms with Gasteiger partial charge >= 0.3 is 0 Å². The Morgan fingerprint density at radius 1 is 1.15 bits per heavy atom. The van der Waals surface area contributed by atoms with Gasteiger partial charge in [0, 0.05) is 24.2 Å². The number of aryl methyl sites for hydroxylation is 1. The molecule has 0 unspecified atom stereocenters. The molecule has 0 radical (unpaired) electrons. The fourth-order valence-electron chi connectivity index (χ4n) is 3.92. The summed E-state index contributed by atoms with van der Waals surface area (Å²) in [6.07, 6.45) is 1.07. The Kier molecular flexibility index (Phi) is 4.66. The van der Waals surface area contributed by atoms with E-state index in [0.717, 1.165) is 18.5 Å². The summed E-state index contributed by atoms with van der Waals surface area (Å²) in [5.74, 6) is 0.0280. The summed E-state index contributed by atoms with van der Waals surface area (Å²) in [7, 11) is 1.51. The minimum atomic E-state index is -0.438. The van der Waals surface area contributed by atoms with Gasteiger partial charge in [-0.1, -0.05) is 35.9 Å². The first kappa shape index (κ1) is 18.0. The highest BCUT2D eigenvalue weighted by Gasteiger charge is 2.44. The molecule has 0 spiro atoms. The zero-order chi connectivity index (χ0) is 19.1. The Balaban J connectivity index is 1.63. The fourth-order valence-corrected chi connectivity index (χ4v) is 4.08. The van der Waals surface area contributed by atoms with Gasteiger partial charge in [0.2, 0.25) is 5.91 Å². The first-order valence-corrected chi connectivity index (χ1v) is 9.39. The Hall–Kier alpha value is -2.37. The highest BCUT2D eigenvalue weighted by Crippen LogP contribution is 2.37. The smallest absolute Gasteiger partial charge is 0.251 e. The molecule has 1 saturated heterocycles. The van der Waals surface area contributed by atoms with Gasteiger partial charge in [-0.15, -0.1) is 0 Å². The van der Waals surface area contributed by atoms with Crippen molar-refractivity contribution in [2.24, 2.45) is 0 Å². The summed E-state index contributed by atoms with van der Waals surface area (Å²) in [4.78, 5) is 29.3. The SMILES string of the molecule is COc1cc(Cl)c(C)cc1N1C(=O)C[C@H](N2CCc3ccccc3C2)C1=O. The number of hydrogen-bond acceptors (Lipinski definition) is 4. The van der Waals surface area contributed by atoms with Crippen LogP contribution in [0.4, 0.5) is 5.69 Å². The second-order valence-electron chi connectivity index (χ2n) is 7.05. The maximum Gasteiger partial charge on any atom is 0.251 e. The number of nitrogens with zero attached hydrogens (tertiary/aromatic N) is 2. The predicted octanol–water partition coefficient (Wildman–Crippen LogP) is 3.35. The number of hydrogen-bond donors (Lipinski definition) is 0. The fraction of sp³-hybridized carbons (Fsp3) is 0.333. The highest BCUT2D eigenvalue weighted by molar-refractivity contribution is 6.32. The summed E-state index contributed by atoms with van der Waals surface area (Å²) in [6.45, 7) is 3.30. The van der Waals surface area contributed by atoms with Crippen LogP contribution in [0.2, 0.25) is 5.02 Å². The molecule has 1 fully saturated rings. The van der Waals surface area contributed by atoms with E-state index in [2.05, 4.69) is 17.0 Å². The van der Waals surface area contributed by atoms with Crippen molar-refractivity contribution in [1.29, 1.82) is 0 Å². The molecule has 2 aromatic carbocycles. The molecule has 2 aliphatic heterocycles. The van der Waals surface area contributed by atoms with Crippen molar-refractivity contribution in [3.63, 3.8) is 0 Å². The number of anilines is 1. The van der Waals surface area contributed by atoms with Gasteiger partial charge in [-0.2, -0.15) is 0 Å². The summed E-state index contributed by atoms with van der Waals surface area (Å²) >= 11 is 6.17. The molecule has 0 saturated carbocycles. The molecule has 0 N–H and O–H groups in total. The van der Waals surface area contributed by atoms with Crippen LogP contribution in [0.5, 0.6) is 5.75 Å². The number of amides is 2. The van der Waals surface area contributed by atoms with Gasteiger partial charge in [0.15, 0.2) is 0 Å². The number of rotatable bonds is 3. The number of carbonyl (C=O) groups is 2. The molecule has 140 valence electrons. The van der Waals surface area contributed by atoms with Crippen molar-refractivity contribution < 1.29 is 14.3 Å². The number of methoxy groups -OCH3 is 1. The van der Waals surface area contributed by atoms with Crippen molar-refractivity contribution in [2.45, 2.75) is 32.4 Å². The lowest BCUT2D eigenvalue weighted by molar-refractivity contribution is -0.123. The molecule has 0 aliphatic carbocycles. The number of benzene rings is 2. The molecule has 6 heteroatoms. The quantitative estimate of drug-likeness (QED) is 0.761. The van der Waals surface area contributed by atoms with E-state index >= 15 is 0 Å². The third-order valence-electron chi connectivity index (χ3n) is 5.42. The van der Waals surface area contributed by atoms with Gasteiger partial charge < -0.3 is 4.74 Å². The van der Waals surface area contributed by atoms with Crippen LogP contribution in [0.25, 0.3) is 0 Å². The number of imide groups is 1. The molecule has 4 rings (SSSR count). The van der Waals surface area contributed by atoms with E-state index < -0.39 is 6.04 Å². The van der Waals surface area contributed by atoms with Gasteiger partial charge in [0.05, 0.1) is 25.3 Å². The molecule has 2 aromatic rings. The van der Waals surface area contributed by atoms with E-state index in [4.69, 9.17) is 16.3 Å². The van der Waals surface area contributed by atoms with Gasteiger partial charge in [-0.25, -0.2) is 4.90 Å². The lowest BCUT2D eigenvalue weighted by Gasteiger charge is -2.32. The third kappa shape index (κ3) is 3.11. The van der Waals surface area contributed by atoms with Crippen molar-refractivity contribution in [1.82, 2.24) is 4.90 Å². The van der Waals surface area contributed by atoms with Gasteiger partial charge in [0.25, 0.3) is 5.91 Å². The second kappa shape index (κ2) is 6.98. The minimum Gasteiger partial charge on any atom is -0.495 e. The molecule has 27 heavy (non-hydrogen) atoms. The number of halogens is 1. The van der Waals surface area contributed by atoms with Crippen LogP contribution in [0.3, 0.4) is 0 Å². The second-order valence-corrected chi connectivity index (χ2v) is 7.46. The Labute approximate surface area is 163 Å². The van der Waals surface area contributed by atoms with Crippen LogP contribution in [0, 0.1) is 6.92 Å². The first-order chi connectivity index (χ1) is 13.0. The van der Waals surface area contributed by atoms with Crippen LogP contribution in [-0.4, -0.2) is 36.4 Å². The number of fused-ring (bicyclic) bond motifs is 1. The van der Waals surface area contributed by atoms with Crippen molar-refractivity contribution in [3.8, 4) is 5.75 Å². The lowest BCUT2D eigenvalue weighted by Crippen LogP contribution is -2.44. The lowest BCUT2D eigenvalue weighted by atomic mass is 9.98. The van der Waals surface area contributed by atoms with Crippen LogP contribution in [0.1, 0.15) is 23.1 Å². The molecule has 1 atom stereocenters. The molecule has 2 heterocycles. The standard InChI is InChI=1S/C21H21ClN2O3/c1-13-9-17(19(27-2)10-16(13)22)24-20(25)11-18(21(24)26)23-8-7-14-5-3-4-6-15(14)12-23/h3-6,9-10,18H,7-8,11-12H2,1-2H3/t18-/m0/s1. The largest absolute Gasteiger partial charge is 0.495 e. The Bertz CT molecular complexity index is 928. The normalized spacial score (nSPS) is 20.1. The number of carbonyl (C=O) groups excluding carboxylic acids is 2. The molecule has 0 bridgehead atoms. The Morgan fingerprint density at radius 3 is 2.63 bits per heavy atom. The van der Waals surface area contributed by atoms with Crippen molar-refractivity contribution >= 4 is 29.1 Å². The van der Waals surface area contributed by atoms with Crippen molar-refractivity contribution in [2.75, 3.05) is 18.6 Å². The minimum absolute atomic E-state index is 0.186. The maximum atomic E-state index is 13.2. The molecular formula is C21H21ClN2O3. The summed E-state index contributed by atoms with van der Waals surface area (Å²) in [5.41, 5.74) is 3.80. The monoisotopic (exact) mass is 384 g/mol. The van der Waals surface area contributed by atoms with Crippen LogP contribution < -0.4 is 9.64 Å². The van der Waals surface area contributed by atoms with E-state index in [-0.39, 0.29) is 18.2 Å². The highest BCUT2D eigenvalue weighted by atomic mass is 35.5. The molecule has 2 aliphatic rings. The van der Waals surface area contributed by atoms with Gasteiger partial charge in [0.1, 0.15) is 5.75 Å². The molecule has 5 nitrogen and oxygen atoms in total. The molecule has 2 amide bonds. The summed E-state index contributed by atoms with van der Waals surface area (Å²) in [5, 5.41) is 0.541. The average Bonchev–Trinajstić information content (AvgIpc) is 2.97. The van der Waals surface area contributed by atoms with Crippen LogP contribution in [0.15, 0.2) is 36.4 Å². The predicted molar refractivity (Wildman–Crippen MR) is 104 cm³/mol.